The first-order chi connectivity index (χ1) is 17.1. The Labute approximate surface area is 208 Å². The van der Waals surface area contributed by atoms with Crippen molar-refractivity contribution in [3.8, 4) is 5.75 Å². The Balaban J connectivity index is 1.28. The zero-order valence-corrected chi connectivity index (χ0v) is 20.9. The molecule has 1 fully saturated rings. The molecule has 7 nitrogen and oxygen atoms in total. The third-order valence-electron chi connectivity index (χ3n) is 6.53. The third-order valence-corrected chi connectivity index (χ3v) is 6.53. The highest BCUT2D eigenvalue weighted by Gasteiger charge is 2.19. The maximum atomic E-state index is 11.6. The van der Waals surface area contributed by atoms with E-state index >= 15 is 0 Å². The molecule has 2 unspecified atom stereocenters. The molecule has 1 saturated heterocycles. The molecule has 1 N–H and O–H groups in total. The summed E-state index contributed by atoms with van der Waals surface area (Å²) >= 11 is 0. The minimum absolute atomic E-state index is 0.122. The van der Waals surface area contributed by atoms with Crippen LogP contribution >= 0.6 is 0 Å². The fraction of sp³-hybridized carbons (Fsp3) is 0.500. The number of nitrogens with zero attached hydrogens (tertiary/aromatic N) is 2. The van der Waals surface area contributed by atoms with Gasteiger partial charge >= 0.3 is 6.09 Å². The summed E-state index contributed by atoms with van der Waals surface area (Å²) in [5, 5.41) is 2.83. The standard InChI is InChI=1S/C28H37N3O4/c1-3-34-28(32)29-21(2)23-10-14-26(15-11-23)35-25-12-8-22(9-13-25)20-24-6-4-5-7-27(30-24)31-16-18-33-19-17-31/h4-6,8,10-11,14-15,21,25H,3,7,9,12-13,16-20H2,1-2H3,(H,29,32). The highest BCUT2D eigenvalue weighted by atomic mass is 16.5. The zero-order valence-electron chi connectivity index (χ0n) is 20.9. The fourth-order valence-electron chi connectivity index (χ4n) is 4.55. The van der Waals surface area contributed by atoms with Crippen LogP contribution in [0, 0.1) is 0 Å². The van der Waals surface area contributed by atoms with Crippen molar-refractivity contribution in [2.24, 2.45) is 4.99 Å². The van der Waals surface area contributed by atoms with Gasteiger partial charge in [-0.25, -0.2) is 9.79 Å². The van der Waals surface area contributed by atoms with Crippen molar-refractivity contribution < 1.29 is 19.0 Å². The molecule has 3 aliphatic rings. The van der Waals surface area contributed by atoms with E-state index in [0.29, 0.717) is 6.61 Å². The summed E-state index contributed by atoms with van der Waals surface area (Å²) in [4.78, 5) is 19.0. The van der Waals surface area contributed by atoms with E-state index in [4.69, 9.17) is 19.2 Å². The molecule has 7 heteroatoms. The van der Waals surface area contributed by atoms with Gasteiger partial charge in [0.1, 0.15) is 17.7 Å². The number of aliphatic imine (C=N–C) groups is 1. The number of alkyl carbamates (subject to hydrolysis) is 1. The Bertz CT molecular complexity index is 974. The number of allylic oxidation sites excluding steroid dienone is 3. The number of hydrogen-bond acceptors (Lipinski definition) is 6. The van der Waals surface area contributed by atoms with Crippen LogP contribution < -0.4 is 10.1 Å². The topological polar surface area (TPSA) is 72.4 Å². The van der Waals surface area contributed by atoms with Gasteiger partial charge in [-0.3, -0.25) is 0 Å². The summed E-state index contributed by atoms with van der Waals surface area (Å²) in [5.41, 5.74) is 3.58. The van der Waals surface area contributed by atoms with Crippen molar-refractivity contribution in [2.45, 2.75) is 58.1 Å². The van der Waals surface area contributed by atoms with Gasteiger partial charge in [0.05, 0.1) is 25.9 Å². The van der Waals surface area contributed by atoms with Crippen LogP contribution in [-0.2, 0) is 9.47 Å². The molecule has 0 aromatic heterocycles. The summed E-state index contributed by atoms with van der Waals surface area (Å²) in [7, 11) is 0. The second-order valence-electron chi connectivity index (χ2n) is 9.13. The first-order valence-corrected chi connectivity index (χ1v) is 12.7. The molecule has 35 heavy (non-hydrogen) atoms. The molecule has 2 aliphatic heterocycles. The molecule has 0 radical (unpaired) electrons. The first-order valence-electron chi connectivity index (χ1n) is 12.7. The maximum absolute atomic E-state index is 11.6. The molecular weight excluding hydrogens is 442 g/mol. The largest absolute Gasteiger partial charge is 0.490 e. The van der Waals surface area contributed by atoms with Crippen molar-refractivity contribution in [3.63, 3.8) is 0 Å². The van der Waals surface area contributed by atoms with Gasteiger partial charge in [0.15, 0.2) is 0 Å². The van der Waals surface area contributed by atoms with Crippen LogP contribution in [-0.4, -0.2) is 55.8 Å². The van der Waals surface area contributed by atoms with Gasteiger partial charge in [-0.05, 0) is 50.5 Å². The smallest absolute Gasteiger partial charge is 0.407 e. The molecule has 2 atom stereocenters. The number of amidine groups is 1. The number of carbonyl (C=O) groups excluding carboxylic acids is 1. The average molecular weight is 480 g/mol. The van der Waals surface area contributed by atoms with Crippen molar-refractivity contribution in [3.05, 3.63) is 65.4 Å². The lowest BCUT2D eigenvalue weighted by Gasteiger charge is -2.29. The van der Waals surface area contributed by atoms with Gasteiger partial charge in [0.2, 0.25) is 0 Å². The minimum atomic E-state index is -0.399. The minimum Gasteiger partial charge on any atom is -0.490 e. The number of benzene rings is 1. The van der Waals surface area contributed by atoms with Gasteiger partial charge in [-0.15, -0.1) is 0 Å². The van der Waals surface area contributed by atoms with Crippen molar-refractivity contribution in [1.82, 2.24) is 10.2 Å². The number of nitrogens with one attached hydrogen (secondary N) is 1. The van der Waals surface area contributed by atoms with Gasteiger partial charge in [0, 0.05) is 38.0 Å². The monoisotopic (exact) mass is 479 g/mol. The lowest BCUT2D eigenvalue weighted by Crippen LogP contribution is -2.40. The number of hydrogen-bond donors (Lipinski definition) is 1. The Morgan fingerprint density at radius 1 is 1.26 bits per heavy atom. The maximum Gasteiger partial charge on any atom is 0.407 e. The van der Waals surface area contributed by atoms with Crippen LogP contribution in [0.25, 0.3) is 0 Å². The van der Waals surface area contributed by atoms with Gasteiger partial charge < -0.3 is 24.4 Å². The molecular formula is C28H37N3O4. The number of rotatable bonds is 7. The number of morpholine rings is 1. The van der Waals surface area contributed by atoms with Crippen LogP contribution in [0.5, 0.6) is 5.75 Å². The van der Waals surface area contributed by atoms with E-state index in [1.54, 1.807) is 6.92 Å². The van der Waals surface area contributed by atoms with Crippen molar-refractivity contribution in [2.75, 3.05) is 32.9 Å². The molecule has 4 rings (SSSR count). The van der Waals surface area contributed by atoms with E-state index in [1.165, 1.54) is 5.57 Å². The third kappa shape index (κ3) is 7.46. The molecule has 1 aliphatic carbocycles. The molecule has 0 saturated carbocycles. The van der Waals surface area contributed by atoms with E-state index in [0.717, 1.165) is 81.3 Å². The molecule has 0 bridgehead atoms. The van der Waals surface area contributed by atoms with Gasteiger partial charge in [-0.2, -0.15) is 0 Å². The number of ether oxygens (including phenoxy) is 3. The van der Waals surface area contributed by atoms with E-state index in [9.17, 15) is 4.79 Å². The summed E-state index contributed by atoms with van der Waals surface area (Å²) in [6.07, 6.45) is 13.3. The van der Waals surface area contributed by atoms with Crippen molar-refractivity contribution >= 4 is 11.9 Å². The van der Waals surface area contributed by atoms with Crippen LogP contribution in [0.1, 0.15) is 57.6 Å². The molecule has 1 amide bonds. The van der Waals surface area contributed by atoms with E-state index < -0.39 is 6.09 Å². The van der Waals surface area contributed by atoms with E-state index in [2.05, 4.69) is 34.5 Å². The van der Waals surface area contributed by atoms with Crippen molar-refractivity contribution in [1.29, 1.82) is 0 Å². The molecule has 1 aromatic carbocycles. The summed E-state index contributed by atoms with van der Waals surface area (Å²) in [6.45, 7) is 7.49. The number of carbonyl (C=O) groups is 1. The molecule has 0 spiro atoms. The SMILES string of the molecule is CCOC(=O)NC(C)c1ccc(OC2CC=C(CC3=CC=CCC(N4CCOCC4)=N3)CC2)cc1. The Morgan fingerprint density at radius 3 is 2.77 bits per heavy atom. The predicted molar refractivity (Wildman–Crippen MR) is 138 cm³/mol. The summed E-state index contributed by atoms with van der Waals surface area (Å²) in [5.74, 6) is 2.01. The lowest BCUT2D eigenvalue weighted by atomic mass is 9.94. The molecule has 1 aromatic rings. The Kier molecular flexibility index (Phi) is 9.01. The lowest BCUT2D eigenvalue weighted by molar-refractivity contribution is 0.0674. The van der Waals surface area contributed by atoms with Gasteiger partial charge in [-0.1, -0.05) is 35.9 Å². The van der Waals surface area contributed by atoms with Crippen LogP contribution in [0.2, 0.25) is 0 Å². The summed E-state index contributed by atoms with van der Waals surface area (Å²) in [6, 6.07) is 7.81. The molecule has 188 valence electrons. The van der Waals surface area contributed by atoms with Crippen LogP contribution in [0.15, 0.2) is 64.8 Å². The highest BCUT2D eigenvalue weighted by Crippen LogP contribution is 2.28. The van der Waals surface area contributed by atoms with Gasteiger partial charge in [0.25, 0.3) is 0 Å². The normalized spacial score (nSPS) is 21.3. The Morgan fingerprint density at radius 2 is 2.06 bits per heavy atom. The fourth-order valence-corrected chi connectivity index (χ4v) is 4.55. The second-order valence-corrected chi connectivity index (χ2v) is 9.13. The van der Waals surface area contributed by atoms with E-state index in [-0.39, 0.29) is 12.1 Å². The second kappa shape index (κ2) is 12.6. The average Bonchev–Trinajstić information content (AvgIpc) is 3.12. The van der Waals surface area contributed by atoms with Crippen LogP contribution in [0.3, 0.4) is 0 Å². The predicted octanol–water partition coefficient (Wildman–Crippen LogP) is 5.32. The molecule has 2 heterocycles. The van der Waals surface area contributed by atoms with Crippen LogP contribution in [0.4, 0.5) is 4.79 Å². The Hall–Kier alpha value is -3.06. The first kappa shape index (κ1) is 25.0. The van der Waals surface area contributed by atoms with E-state index in [1.807, 2.05) is 31.2 Å². The highest BCUT2D eigenvalue weighted by molar-refractivity contribution is 5.85. The summed E-state index contributed by atoms with van der Waals surface area (Å²) < 4.78 is 16.7. The quantitative estimate of drug-likeness (QED) is 0.536. The number of amides is 1. The zero-order chi connectivity index (χ0) is 24.5.